The first-order valence-corrected chi connectivity index (χ1v) is 8.75. The zero-order chi connectivity index (χ0) is 15.3. The van der Waals surface area contributed by atoms with Gasteiger partial charge >= 0.3 is 0 Å². The van der Waals surface area contributed by atoms with E-state index in [2.05, 4.69) is 17.0 Å². The van der Waals surface area contributed by atoms with Crippen LogP contribution in [0.1, 0.15) is 30.9 Å². The number of nitriles is 1. The molecular weight excluding hydrogens is 286 g/mol. The van der Waals surface area contributed by atoms with Gasteiger partial charge in [-0.15, -0.1) is 0 Å². The molecule has 1 aliphatic rings. The first-order chi connectivity index (χ1) is 9.94. The fourth-order valence-corrected chi connectivity index (χ4v) is 3.90. The Hall–Kier alpha value is -1.42. The van der Waals surface area contributed by atoms with Crippen molar-refractivity contribution in [2.24, 2.45) is 5.41 Å². The molecule has 1 fully saturated rings. The minimum absolute atomic E-state index is 0.0416. The van der Waals surface area contributed by atoms with Gasteiger partial charge in [0.1, 0.15) is 0 Å². The Morgan fingerprint density at radius 3 is 2.86 bits per heavy atom. The summed E-state index contributed by atoms with van der Waals surface area (Å²) in [4.78, 5) is 0. The van der Waals surface area contributed by atoms with Crippen LogP contribution >= 0.6 is 0 Å². The summed E-state index contributed by atoms with van der Waals surface area (Å²) in [7, 11) is -3.43. The van der Waals surface area contributed by atoms with Crippen LogP contribution in [0.4, 0.5) is 0 Å². The third-order valence-electron chi connectivity index (χ3n) is 3.89. The fraction of sp³-hybridized carbons (Fsp3) is 0.533. The van der Waals surface area contributed by atoms with Gasteiger partial charge in [0.05, 0.1) is 17.4 Å². The van der Waals surface area contributed by atoms with Crippen LogP contribution in [-0.4, -0.2) is 28.1 Å². The van der Waals surface area contributed by atoms with E-state index in [1.807, 2.05) is 6.07 Å². The molecule has 2 N–H and O–H groups in total. The maximum absolute atomic E-state index is 12.2. The zero-order valence-electron chi connectivity index (χ0n) is 12.2. The van der Waals surface area contributed by atoms with Gasteiger partial charge in [0, 0.05) is 13.1 Å². The molecule has 0 bridgehead atoms. The van der Waals surface area contributed by atoms with Crippen molar-refractivity contribution in [1.29, 1.82) is 5.26 Å². The number of nitrogens with zero attached hydrogens (tertiary/aromatic N) is 1. The number of nitrogens with one attached hydrogen (secondary N) is 2. The lowest BCUT2D eigenvalue weighted by Gasteiger charge is -2.34. The highest BCUT2D eigenvalue weighted by atomic mass is 32.2. The Morgan fingerprint density at radius 2 is 2.19 bits per heavy atom. The van der Waals surface area contributed by atoms with Gasteiger partial charge in [0.25, 0.3) is 0 Å². The normalized spacial score (nSPS) is 22.7. The predicted molar refractivity (Wildman–Crippen MR) is 82.0 cm³/mol. The molecule has 0 aliphatic carbocycles. The molecule has 5 nitrogen and oxygen atoms in total. The summed E-state index contributed by atoms with van der Waals surface area (Å²) in [6.45, 7) is 4.34. The third-order valence-corrected chi connectivity index (χ3v) is 5.16. The van der Waals surface area contributed by atoms with E-state index in [-0.39, 0.29) is 11.2 Å². The lowest BCUT2D eigenvalue weighted by atomic mass is 9.83. The standard InChI is InChI=1S/C15H21N3O2S/c1-15(7-4-8-17-11-15)12-18-21(19,20)10-14-6-3-2-5-13(14)9-16/h2-3,5-6,17-18H,4,7-8,10-12H2,1H3. The van der Waals surface area contributed by atoms with Crippen molar-refractivity contribution in [3.8, 4) is 6.07 Å². The minimum Gasteiger partial charge on any atom is -0.316 e. The summed E-state index contributed by atoms with van der Waals surface area (Å²) in [5.41, 5.74) is 0.910. The largest absolute Gasteiger partial charge is 0.316 e. The monoisotopic (exact) mass is 307 g/mol. The van der Waals surface area contributed by atoms with Crippen molar-refractivity contribution in [1.82, 2.24) is 10.0 Å². The number of benzene rings is 1. The number of rotatable bonds is 5. The molecule has 1 saturated heterocycles. The van der Waals surface area contributed by atoms with Crippen LogP contribution in [0.5, 0.6) is 0 Å². The van der Waals surface area contributed by atoms with Gasteiger partial charge in [-0.1, -0.05) is 25.1 Å². The van der Waals surface area contributed by atoms with Crippen LogP contribution < -0.4 is 10.0 Å². The third kappa shape index (κ3) is 4.53. The molecule has 1 aromatic carbocycles. The summed E-state index contributed by atoms with van der Waals surface area (Å²) in [6, 6.07) is 8.83. The van der Waals surface area contributed by atoms with Crippen molar-refractivity contribution in [2.45, 2.75) is 25.5 Å². The van der Waals surface area contributed by atoms with E-state index in [9.17, 15) is 8.42 Å². The Balaban J connectivity index is 2.01. The molecule has 6 heteroatoms. The van der Waals surface area contributed by atoms with E-state index in [1.165, 1.54) is 0 Å². The Kier molecular flexibility index (Phi) is 4.99. The highest BCUT2D eigenvalue weighted by Crippen LogP contribution is 2.24. The van der Waals surface area contributed by atoms with Crippen LogP contribution in [0.2, 0.25) is 0 Å². The van der Waals surface area contributed by atoms with Gasteiger partial charge in [-0.05, 0) is 36.4 Å². The van der Waals surface area contributed by atoms with E-state index >= 15 is 0 Å². The molecular formula is C15H21N3O2S. The molecule has 0 aromatic heterocycles. The van der Waals surface area contributed by atoms with Crippen molar-refractivity contribution in [3.63, 3.8) is 0 Å². The predicted octanol–water partition coefficient (Wildman–Crippen LogP) is 1.37. The maximum Gasteiger partial charge on any atom is 0.215 e. The fourth-order valence-electron chi connectivity index (χ4n) is 2.56. The highest BCUT2D eigenvalue weighted by Gasteiger charge is 2.28. The van der Waals surface area contributed by atoms with E-state index in [4.69, 9.17) is 5.26 Å². The van der Waals surface area contributed by atoms with Crippen molar-refractivity contribution in [2.75, 3.05) is 19.6 Å². The van der Waals surface area contributed by atoms with Crippen molar-refractivity contribution in [3.05, 3.63) is 35.4 Å². The molecule has 21 heavy (non-hydrogen) atoms. The molecule has 1 aliphatic heterocycles. The van der Waals surface area contributed by atoms with Crippen LogP contribution in [0.25, 0.3) is 0 Å². The number of hydrogen-bond acceptors (Lipinski definition) is 4. The smallest absolute Gasteiger partial charge is 0.215 e. The first-order valence-electron chi connectivity index (χ1n) is 7.10. The van der Waals surface area contributed by atoms with Gasteiger partial charge in [-0.25, -0.2) is 13.1 Å². The van der Waals surface area contributed by atoms with Crippen LogP contribution in [0, 0.1) is 16.7 Å². The first kappa shape index (κ1) is 16.0. The van der Waals surface area contributed by atoms with Gasteiger partial charge < -0.3 is 5.32 Å². The van der Waals surface area contributed by atoms with E-state index in [1.54, 1.807) is 24.3 Å². The minimum atomic E-state index is -3.43. The molecule has 1 aromatic rings. The SMILES string of the molecule is CC1(CNS(=O)(=O)Cc2ccccc2C#N)CCCNC1. The summed E-state index contributed by atoms with van der Waals surface area (Å²) in [5, 5.41) is 12.3. The molecule has 0 saturated carbocycles. The average molecular weight is 307 g/mol. The maximum atomic E-state index is 12.2. The van der Waals surface area contributed by atoms with E-state index in [0.717, 1.165) is 25.9 Å². The molecule has 0 spiro atoms. The topological polar surface area (TPSA) is 82.0 Å². The van der Waals surface area contributed by atoms with Crippen LogP contribution in [0.3, 0.4) is 0 Å². The number of sulfonamides is 1. The summed E-state index contributed by atoms with van der Waals surface area (Å²) >= 11 is 0. The number of hydrogen-bond donors (Lipinski definition) is 2. The van der Waals surface area contributed by atoms with Crippen LogP contribution in [-0.2, 0) is 15.8 Å². The molecule has 0 radical (unpaired) electrons. The Labute approximate surface area is 126 Å². The lowest BCUT2D eigenvalue weighted by Crippen LogP contribution is -2.45. The van der Waals surface area contributed by atoms with Gasteiger partial charge in [-0.2, -0.15) is 5.26 Å². The van der Waals surface area contributed by atoms with Gasteiger partial charge in [0.15, 0.2) is 0 Å². The van der Waals surface area contributed by atoms with Crippen LogP contribution in [0.15, 0.2) is 24.3 Å². The van der Waals surface area contributed by atoms with Gasteiger partial charge in [0.2, 0.25) is 10.0 Å². The second-order valence-electron chi connectivity index (χ2n) is 5.94. The summed E-state index contributed by atoms with van der Waals surface area (Å²) in [6.07, 6.45) is 2.08. The lowest BCUT2D eigenvalue weighted by molar-refractivity contribution is 0.238. The second-order valence-corrected chi connectivity index (χ2v) is 7.75. The second kappa shape index (κ2) is 6.56. The van der Waals surface area contributed by atoms with Gasteiger partial charge in [-0.3, -0.25) is 0 Å². The Morgan fingerprint density at radius 1 is 1.43 bits per heavy atom. The van der Waals surface area contributed by atoms with Crippen molar-refractivity contribution >= 4 is 10.0 Å². The van der Waals surface area contributed by atoms with Crippen molar-refractivity contribution < 1.29 is 8.42 Å². The molecule has 2 rings (SSSR count). The molecule has 1 atom stereocenters. The van der Waals surface area contributed by atoms with E-state index < -0.39 is 10.0 Å². The molecule has 0 amide bonds. The molecule has 114 valence electrons. The Bertz CT molecular complexity index is 629. The molecule has 1 heterocycles. The quantitative estimate of drug-likeness (QED) is 0.860. The van der Waals surface area contributed by atoms with E-state index in [0.29, 0.717) is 17.7 Å². The average Bonchev–Trinajstić information content (AvgIpc) is 2.47. The summed E-state index contributed by atoms with van der Waals surface area (Å²) < 4.78 is 27.1. The zero-order valence-corrected chi connectivity index (χ0v) is 13.0. The molecule has 1 unspecified atom stereocenters. The summed E-state index contributed by atoms with van der Waals surface area (Å²) in [5.74, 6) is -0.153. The number of piperidine rings is 1. The highest BCUT2D eigenvalue weighted by molar-refractivity contribution is 7.88.